The van der Waals surface area contributed by atoms with Crippen LogP contribution < -0.4 is 0 Å². The Bertz CT molecular complexity index is 276. The van der Waals surface area contributed by atoms with Crippen LogP contribution in [0.15, 0.2) is 17.3 Å². The SMILES string of the molecule is Cc1cc(C)nc(C(C)N=O)c1. The molecule has 0 aliphatic carbocycles. The highest BCUT2D eigenvalue weighted by Crippen LogP contribution is 2.15. The summed E-state index contributed by atoms with van der Waals surface area (Å²) >= 11 is 0. The molecule has 0 saturated heterocycles. The number of hydrogen-bond donors (Lipinski definition) is 0. The molecule has 0 aliphatic heterocycles. The number of hydrogen-bond acceptors (Lipinski definition) is 3. The van der Waals surface area contributed by atoms with Gasteiger partial charge in [-0.2, -0.15) is 4.91 Å². The molecule has 0 spiro atoms. The summed E-state index contributed by atoms with van der Waals surface area (Å²) in [7, 11) is 0. The van der Waals surface area contributed by atoms with E-state index in [1.807, 2.05) is 26.0 Å². The van der Waals surface area contributed by atoms with Crippen molar-refractivity contribution in [1.29, 1.82) is 0 Å². The standard InChI is InChI=1S/C9H12N2O/c1-6-4-7(2)10-9(5-6)8(3)11-12/h4-5,8H,1-3H3. The quantitative estimate of drug-likeness (QED) is 0.630. The minimum Gasteiger partial charge on any atom is -0.256 e. The summed E-state index contributed by atoms with van der Waals surface area (Å²) < 4.78 is 0. The zero-order valence-electron chi connectivity index (χ0n) is 7.53. The third-order valence-corrected chi connectivity index (χ3v) is 1.70. The van der Waals surface area contributed by atoms with E-state index in [4.69, 9.17) is 0 Å². The lowest BCUT2D eigenvalue weighted by Crippen LogP contribution is -1.96. The van der Waals surface area contributed by atoms with Crippen molar-refractivity contribution in [2.45, 2.75) is 26.8 Å². The van der Waals surface area contributed by atoms with Gasteiger partial charge in [0.1, 0.15) is 6.04 Å². The second-order valence-corrected chi connectivity index (χ2v) is 2.99. The normalized spacial score (nSPS) is 12.6. The summed E-state index contributed by atoms with van der Waals surface area (Å²) in [6.07, 6.45) is 0. The van der Waals surface area contributed by atoms with E-state index < -0.39 is 0 Å². The maximum Gasteiger partial charge on any atom is 0.131 e. The first kappa shape index (κ1) is 8.84. The topological polar surface area (TPSA) is 42.3 Å². The molecule has 3 heteroatoms. The first-order valence-electron chi connectivity index (χ1n) is 3.91. The lowest BCUT2D eigenvalue weighted by atomic mass is 10.1. The van der Waals surface area contributed by atoms with Crippen LogP contribution in [0.1, 0.15) is 29.9 Å². The van der Waals surface area contributed by atoms with Crippen LogP contribution in [0.3, 0.4) is 0 Å². The molecule has 1 atom stereocenters. The Morgan fingerprint density at radius 2 is 2.08 bits per heavy atom. The van der Waals surface area contributed by atoms with Gasteiger partial charge in [-0.15, -0.1) is 0 Å². The van der Waals surface area contributed by atoms with Crippen molar-refractivity contribution in [3.63, 3.8) is 0 Å². The molecule has 0 aromatic carbocycles. The fourth-order valence-corrected chi connectivity index (χ4v) is 1.14. The largest absolute Gasteiger partial charge is 0.256 e. The van der Waals surface area contributed by atoms with E-state index in [2.05, 4.69) is 10.2 Å². The summed E-state index contributed by atoms with van der Waals surface area (Å²) in [6, 6.07) is 3.52. The molecule has 1 unspecified atom stereocenters. The molecular weight excluding hydrogens is 152 g/mol. The Morgan fingerprint density at radius 1 is 1.42 bits per heavy atom. The fourth-order valence-electron chi connectivity index (χ4n) is 1.14. The summed E-state index contributed by atoms with van der Waals surface area (Å²) in [5, 5.41) is 2.93. The second-order valence-electron chi connectivity index (χ2n) is 2.99. The molecule has 0 radical (unpaired) electrons. The molecule has 3 nitrogen and oxygen atoms in total. The van der Waals surface area contributed by atoms with E-state index in [1.54, 1.807) is 6.92 Å². The highest BCUT2D eigenvalue weighted by Gasteiger charge is 2.06. The van der Waals surface area contributed by atoms with Crippen molar-refractivity contribution in [2.24, 2.45) is 5.18 Å². The summed E-state index contributed by atoms with van der Waals surface area (Å²) in [4.78, 5) is 14.4. The van der Waals surface area contributed by atoms with Gasteiger partial charge in [-0.25, -0.2) is 0 Å². The third-order valence-electron chi connectivity index (χ3n) is 1.70. The van der Waals surface area contributed by atoms with E-state index in [0.717, 1.165) is 17.0 Å². The van der Waals surface area contributed by atoms with Gasteiger partial charge in [-0.3, -0.25) is 4.98 Å². The number of rotatable bonds is 2. The third kappa shape index (κ3) is 1.87. The summed E-state index contributed by atoms with van der Waals surface area (Å²) in [5.74, 6) is 0. The lowest BCUT2D eigenvalue weighted by Gasteiger charge is -2.04. The van der Waals surface area contributed by atoms with Crippen molar-refractivity contribution >= 4 is 0 Å². The van der Waals surface area contributed by atoms with Gasteiger partial charge >= 0.3 is 0 Å². The number of nitrogens with zero attached hydrogens (tertiary/aromatic N) is 2. The summed E-state index contributed by atoms with van der Waals surface area (Å²) in [6.45, 7) is 5.64. The molecule has 0 amide bonds. The monoisotopic (exact) mass is 164 g/mol. The molecular formula is C9H12N2O. The van der Waals surface area contributed by atoms with Crippen LogP contribution in [0.5, 0.6) is 0 Å². The molecule has 0 aliphatic rings. The Hall–Kier alpha value is -1.25. The fraction of sp³-hybridized carbons (Fsp3) is 0.444. The van der Waals surface area contributed by atoms with Gasteiger partial charge in [0.2, 0.25) is 0 Å². The van der Waals surface area contributed by atoms with Crippen molar-refractivity contribution < 1.29 is 0 Å². The molecule has 1 heterocycles. The molecule has 64 valence electrons. The highest BCUT2D eigenvalue weighted by molar-refractivity contribution is 5.21. The number of aromatic nitrogens is 1. The molecule has 0 bridgehead atoms. The maximum atomic E-state index is 10.2. The second kappa shape index (κ2) is 3.43. The predicted octanol–water partition coefficient (Wildman–Crippen LogP) is 2.53. The minimum absolute atomic E-state index is 0.344. The molecule has 1 aromatic rings. The first-order valence-corrected chi connectivity index (χ1v) is 3.91. The van der Waals surface area contributed by atoms with Crippen LogP contribution in [0.25, 0.3) is 0 Å². The smallest absolute Gasteiger partial charge is 0.131 e. The van der Waals surface area contributed by atoms with Crippen LogP contribution >= 0.6 is 0 Å². The average Bonchev–Trinajstić information content (AvgIpc) is 2.01. The van der Waals surface area contributed by atoms with Crippen LogP contribution in [0.4, 0.5) is 0 Å². The van der Waals surface area contributed by atoms with E-state index in [1.165, 1.54) is 0 Å². The molecule has 0 fully saturated rings. The zero-order chi connectivity index (χ0) is 9.14. The Morgan fingerprint density at radius 3 is 2.58 bits per heavy atom. The van der Waals surface area contributed by atoms with Crippen molar-refractivity contribution in [3.8, 4) is 0 Å². The predicted molar refractivity (Wildman–Crippen MR) is 47.9 cm³/mol. The Labute approximate surface area is 71.8 Å². The van der Waals surface area contributed by atoms with E-state index >= 15 is 0 Å². The van der Waals surface area contributed by atoms with Gasteiger partial charge in [0.15, 0.2) is 0 Å². The molecule has 1 rings (SSSR count). The lowest BCUT2D eigenvalue weighted by molar-refractivity contribution is 0.768. The van der Waals surface area contributed by atoms with Crippen LogP contribution in [0.2, 0.25) is 0 Å². The molecule has 1 aromatic heterocycles. The summed E-state index contributed by atoms with van der Waals surface area (Å²) in [5.41, 5.74) is 2.80. The van der Waals surface area contributed by atoms with Crippen LogP contribution in [-0.2, 0) is 0 Å². The number of pyridine rings is 1. The van der Waals surface area contributed by atoms with E-state index in [-0.39, 0.29) is 6.04 Å². The minimum atomic E-state index is -0.344. The van der Waals surface area contributed by atoms with Crippen molar-refractivity contribution in [1.82, 2.24) is 4.98 Å². The van der Waals surface area contributed by atoms with Gasteiger partial charge < -0.3 is 0 Å². The van der Waals surface area contributed by atoms with Gasteiger partial charge in [-0.05, 0) is 38.5 Å². The van der Waals surface area contributed by atoms with Crippen LogP contribution in [0, 0.1) is 18.8 Å². The van der Waals surface area contributed by atoms with Crippen molar-refractivity contribution in [2.75, 3.05) is 0 Å². The van der Waals surface area contributed by atoms with Gasteiger partial charge in [0.05, 0.1) is 5.69 Å². The van der Waals surface area contributed by atoms with Gasteiger partial charge in [0, 0.05) is 5.69 Å². The van der Waals surface area contributed by atoms with Gasteiger partial charge in [0.25, 0.3) is 0 Å². The molecule has 0 saturated carbocycles. The average molecular weight is 164 g/mol. The Balaban J connectivity index is 3.08. The number of aryl methyl sites for hydroxylation is 2. The first-order chi connectivity index (χ1) is 5.63. The van der Waals surface area contributed by atoms with E-state index in [0.29, 0.717) is 0 Å². The number of nitroso groups, excluding NO2 is 1. The maximum absolute atomic E-state index is 10.2. The van der Waals surface area contributed by atoms with Gasteiger partial charge in [-0.1, -0.05) is 5.18 Å². The zero-order valence-corrected chi connectivity index (χ0v) is 7.53. The van der Waals surface area contributed by atoms with E-state index in [9.17, 15) is 4.91 Å². The van der Waals surface area contributed by atoms with Crippen molar-refractivity contribution in [3.05, 3.63) is 34.0 Å². The Kier molecular flexibility index (Phi) is 2.53. The van der Waals surface area contributed by atoms with Crippen LogP contribution in [-0.4, -0.2) is 4.98 Å². The molecule has 0 N–H and O–H groups in total. The molecule has 12 heavy (non-hydrogen) atoms. The highest BCUT2D eigenvalue weighted by atomic mass is 16.3.